The van der Waals surface area contributed by atoms with Crippen LogP contribution >= 0.6 is 0 Å². The first-order valence-corrected chi connectivity index (χ1v) is 7.39. The molecular formula is C15H21N5O2. The first-order chi connectivity index (χ1) is 10.3. The highest BCUT2D eigenvalue weighted by Gasteiger charge is 2.21. The molecule has 0 N–H and O–H groups in total. The summed E-state index contributed by atoms with van der Waals surface area (Å²) in [5.74, 6) is 1.18. The van der Waals surface area contributed by atoms with E-state index in [0.29, 0.717) is 17.1 Å². The van der Waals surface area contributed by atoms with E-state index in [1.165, 1.54) is 11.6 Å². The van der Waals surface area contributed by atoms with Gasteiger partial charge in [-0.15, -0.1) is 0 Å². The van der Waals surface area contributed by atoms with E-state index in [1.54, 1.807) is 7.05 Å². The molecule has 0 bridgehead atoms. The van der Waals surface area contributed by atoms with E-state index in [-0.39, 0.29) is 11.2 Å². The molecule has 0 atom stereocenters. The molecule has 0 unspecified atom stereocenters. The highest BCUT2D eigenvalue weighted by molar-refractivity contribution is 5.76. The minimum absolute atomic E-state index is 0.310. The maximum atomic E-state index is 12.6. The van der Waals surface area contributed by atoms with E-state index < -0.39 is 0 Å². The van der Waals surface area contributed by atoms with Gasteiger partial charge in [0.05, 0.1) is 0 Å². The zero-order chi connectivity index (χ0) is 16.3. The normalized spacial score (nSPS) is 12.1. The zero-order valence-electron chi connectivity index (χ0n) is 13.8. The molecule has 3 rings (SSSR count). The van der Waals surface area contributed by atoms with Crippen LogP contribution in [-0.2, 0) is 20.6 Å². The van der Waals surface area contributed by atoms with Crippen LogP contribution in [0.2, 0.25) is 0 Å². The Morgan fingerprint density at radius 1 is 1.05 bits per heavy atom. The van der Waals surface area contributed by atoms with Crippen LogP contribution in [0.1, 0.15) is 25.2 Å². The van der Waals surface area contributed by atoms with Gasteiger partial charge in [0.2, 0.25) is 5.78 Å². The Kier molecular flexibility index (Phi) is 3.05. The number of rotatable bonds is 2. The van der Waals surface area contributed by atoms with E-state index in [4.69, 9.17) is 0 Å². The van der Waals surface area contributed by atoms with Crippen LogP contribution in [0.25, 0.3) is 16.9 Å². The minimum Gasteiger partial charge on any atom is -0.314 e. The number of imidazole rings is 2. The van der Waals surface area contributed by atoms with Crippen molar-refractivity contribution in [3.63, 3.8) is 0 Å². The summed E-state index contributed by atoms with van der Waals surface area (Å²) in [6, 6.07) is 0. The predicted molar refractivity (Wildman–Crippen MR) is 85.5 cm³/mol. The van der Waals surface area contributed by atoms with E-state index >= 15 is 0 Å². The molecule has 0 aromatic carbocycles. The van der Waals surface area contributed by atoms with Crippen molar-refractivity contribution < 1.29 is 0 Å². The molecule has 0 spiro atoms. The molecule has 0 fully saturated rings. The van der Waals surface area contributed by atoms with Crippen molar-refractivity contribution in [1.29, 1.82) is 0 Å². The molecule has 0 amide bonds. The molecule has 7 nitrogen and oxygen atoms in total. The lowest BCUT2D eigenvalue weighted by molar-refractivity contribution is 0.524. The average Bonchev–Trinajstić information content (AvgIpc) is 2.95. The summed E-state index contributed by atoms with van der Waals surface area (Å²) in [5.41, 5.74) is 2.30. The Labute approximate surface area is 127 Å². The molecule has 0 aliphatic rings. The molecular weight excluding hydrogens is 282 g/mol. The Bertz CT molecular complexity index is 1010. The van der Waals surface area contributed by atoms with Gasteiger partial charge in [0.15, 0.2) is 11.2 Å². The lowest BCUT2D eigenvalue weighted by Crippen LogP contribution is -2.37. The molecule has 0 radical (unpaired) electrons. The summed E-state index contributed by atoms with van der Waals surface area (Å²) >= 11 is 0. The number of hydrogen-bond donors (Lipinski definition) is 0. The number of nitrogens with zero attached hydrogens (tertiary/aromatic N) is 5. The van der Waals surface area contributed by atoms with Gasteiger partial charge in [0.25, 0.3) is 5.56 Å². The largest absolute Gasteiger partial charge is 0.332 e. The lowest BCUT2D eigenvalue weighted by atomic mass is 10.2. The Hall–Kier alpha value is -2.31. The monoisotopic (exact) mass is 303 g/mol. The van der Waals surface area contributed by atoms with Crippen LogP contribution in [0.15, 0.2) is 9.59 Å². The van der Waals surface area contributed by atoms with Gasteiger partial charge in [-0.2, -0.15) is 4.98 Å². The van der Waals surface area contributed by atoms with Gasteiger partial charge in [0, 0.05) is 32.0 Å². The van der Waals surface area contributed by atoms with Gasteiger partial charge < -0.3 is 4.57 Å². The van der Waals surface area contributed by atoms with E-state index in [1.807, 2.05) is 18.2 Å². The summed E-state index contributed by atoms with van der Waals surface area (Å²) in [6.45, 7) is 9.11. The van der Waals surface area contributed by atoms with Crippen molar-refractivity contribution in [2.45, 2.75) is 34.2 Å². The summed E-state index contributed by atoms with van der Waals surface area (Å²) in [4.78, 5) is 29.2. The molecule has 3 aromatic heterocycles. The second kappa shape index (κ2) is 4.59. The first kappa shape index (κ1) is 14.6. The topological polar surface area (TPSA) is 66.2 Å². The standard InChI is InChI=1S/C15H21N5O2/c1-8(2)7-19-9(3)10(4)20-11-12(16-14(19)20)17(5)15(22)18(6)13(11)21/h8H,7H2,1-6H3. The Morgan fingerprint density at radius 2 is 1.68 bits per heavy atom. The lowest BCUT2D eigenvalue weighted by Gasteiger charge is -2.08. The molecule has 7 heteroatoms. The first-order valence-electron chi connectivity index (χ1n) is 7.39. The van der Waals surface area contributed by atoms with Crippen molar-refractivity contribution >= 4 is 16.9 Å². The molecule has 0 aliphatic carbocycles. The van der Waals surface area contributed by atoms with Gasteiger partial charge in [0.1, 0.15) is 0 Å². The Balaban J connectivity index is 2.58. The molecule has 3 heterocycles. The summed E-state index contributed by atoms with van der Waals surface area (Å²) in [5, 5.41) is 0. The van der Waals surface area contributed by atoms with Crippen molar-refractivity contribution in [2.75, 3.05) is 0 Å². The average molecular weight is 303 g/mol. The van der Waals surface area contributed by atoms with Gasteiger partial charge >= 0.3 is 5.69 Å². The van der Waals surface area contributed by atoms with Gasteiger partial charge in [-0.3, -0.25) is 18.3 Å². The molecule has 118 valence electrons. The number of fused-ring (bicyclic) bond motifs is 3. The van der Waals surface area contributed by atoms with Crippen molar-refractivity contribution in [1.82, 2.24) is 23.1 Å². The molecule has 0 saturated heterocycles. The SMILES string of the molecule is Cc1c(C)n2c3c(=O)n(C)c(=O)n(C)c3nc2n1CC(C)C. The smallest absolute Gasteiger partial charge is 0.314 e. The third-order valence-corrected chi connectivity index (χ3v) is 4.29. The summed E-state index contributed by atoms with van der Waals surface area (Å²) < 4.78 is 6.54. The summed E-state index contributed by atoms with van der Waals surface area (Å²) in [6.07, 6.45) is 0. The van der Waals surface area contributed by atoms with Crippen molar-refractivity contribution in [2.24, 2.45) is 20.0 Å². The van der Waals surface area contributed by atoms with Crippen LogP contribution in [0.4, 0.5) is 0 Å². The second-order valence-corrected chi connectivity index (χ2v) is 6.30. The fourth-order valence-corrected chi connectivity index (χ4v) is 2.97. The molecule has 22 heavy (non-hydrogen) atoms. The van der Waals surface area contributed by atoms with Crippen LogP contribution in [0.5, 0.6) is 0 Å². The Morgan fingerprint density at radius 3 is 2.27 bits per heavy atom. The maximum absolute atomic E-state index is 12.6. The zero-order valence-corrected chi connectivity index (χ0v) is 13.8. The molecule has 0 saturated carbocycles. The van der Waals surface area contributed by atoms with E-state index in [2.05, 4.69) is 23.4 Å². The third kappa shape index (κ3) is 1.71. The summed E-state index contributed by atoms with van der Waals surface area (Å²) in [7, 11) is 3.14. The number of aryl methyl sites for hydroxylation is 2. The predicted octanol–water partition coefficient (Wildman–Crippen LogP) is 0.959. The van der Waals surface area contributed by atoms with Crippen LogP contribution in [0.3, 0.4) is 0 Å². The van der Waals surface area contributed by atoms with Crippen LogP contribution in [0, 0.1) is 19.8 Å². The fraction of sp³-hybridized carbons (Fsp3) is 0.533. The quantitative estimate of drug-likeness (QED) is 0.708. The molecule has 3 aromatic rings. The van der Waals surface area contributed by atoms with Crippen molar-refractivity contribution in [3.8, 4) is 0 Å². The molecule has 0 aliphatic heterocycles. The van der Waals surface area contributed by atoms with Gasteiger partial charge in [-0.25, -0.2) is 4.79 Å². The highest BCUT2D eigenvalue weighted by Crippen LogP contribution is 2.21. The second-order valence-electron chi connectivity index (χ2n) is 6.30. The highest BCUT2D eigenvalue weighted by atomic mass is 16.2. The minimum atomic E-state index is -0.358. The van der Waals surface area contributed by atoms with Crippen LogP contribution in [-0.4, -0.2) is 23.1 Å². The maximum Gasteiger partial charge on any atom is 0.332 e. The van der Waals surface area contributed by atoms with E-state index in [0.717, 1.165) is 28.3 Å². The van der Waals surface area contributed by atoms with Gasteiger partial charge in [-0.05, 0) is 19.8 Å². The fourth-order valence-electron chi connectivity index (χ4n) is 2.97. The number of hydrogen-bond acceptors (Lipinski definition) is 3. The van der Waals surface area contributed by atoms with Crippen molar-refractivity contribution in [3.05, 3.63) is 32.2 Å². The third-order valence-electron chi connectivity index (χ3n) is 4.29. The van der Waals surface area contributed by atoms with E-state index in [9.17, 15) is 9.59 Å². The number of aromatic nitrogens is 5. The van der Waals surface area contributed by atoms with Gasteiger partial charge in [-0.1, -0.05) is 13.8 Å². The van der Waals surface area contributed by atoms with Crippen LogP contribution < -0.4 is 11.2 Å².